The van der Waals surface area contributed by atoms with E-state index >= 15 is 0 Å². The van der Waals surface area contributed by atoms with Crippen LogP contribution in [-0.2, 0) is 6.18 Å². The average Bonchev–Trinajstić information content (AvgIpc) is 2.41. The van der Waals surface area contributed by atoms with Gasteiger partial charge in [-0.05, 0) is 37.8 Å². The van der Waals surface area contributed by atoms with Crippen molar-refractivity contribution in [2.24, 2.45) is 0 Å². The summed E-state index contributed by atoms with van der Waals surface area (Å²) < 4.78 is 38.4. The molecule has 2 amide bonds. The van der Waals surface area contributed by atoms with E-state index in [-0.39, 0.29) is 29.1 Å². The molecule has 2 atom stereocenters. The van der Waals surface area contributed by atoms with Gasteiger partial charge in [-0.25, -0.2) is 4.79 Å². The minimum absolute atomic E-state index is 0.0404. The number of carbonyl (C=O) groups excluding carboxylic acids is 1. The van der Waals surface area contributed by atoms with Gasteiger partial charge in [-0.3, -0.25) is 0 Å². The molecular formula is C14H19F3N2O2S. The van der Waals surface area contributed by atoms with Crippen molar-refractivity contribution in [2.45, 2.75) is 31.3 Å². The second-order valence-corrected chi connectivity index (χ2v) is 5.90. The Morgan fingerprint density at radius 1 is 1.41 bits per heavy atom. The lowest BCUT2D eigenvalue weighted by atomic mass is 10.1. The first-order valence-corrected chi connectivity index (χ1v) is 7.87. The van der Waals surface area contributed by atoms with Gasteiger partial charge >= 0.3 is 12.2 Å². The molecule has 0 saturated heterocycles. The molecule has 8 heteroatoms. The van der Waals surface area contributed by atoms with Crippen LogP contribution in [0.4, 0.5) is 23.7 Å². The van der Waals surface area contributed by atoms with Crippen molar-refractivity contribution in [3.63, 3.8) is 0 Å². The fourth-order valence-electron chi connectivity index (χ4n) is 1.97. The second-order valence-electron chi connectivity index (χ2n) is 4.82. The van der Waals surface area contributed by atoms with E-state index < -0.39 is 17.8 Å². The lowest BCUT2D eigenvalue weighted by Gasteiger charge is -2.22. The molecule has 0 aliphatic heterocycles. The third-order valence-electron chi connectivity index (χ3n) is 3.29. The summed E-state index contributed by atoms with van der Waals surface area (Å²) >= 11 is 1.39. The number of hydrogen-bond donors (Lipinski definition) is 3. The maximum atomic E-state index is 12.8. The zero-order chi connectivity index (χ0) is 16.9. The summed E-state index contributed by atoms with van der Waals surface area (Å²) in [5.74, 6) is 0. The number of benzene rings is 1. The molecule has 4 nitrogen and oxygen atoms in total. The van der Waals surface area contributed by atoms with E-state index in [0.29, 0.717) is 0 Å². The van der Waals surface area contributed by atoms with Crippen molar-refractivity contribution >= 4 is 23.5 Å². The highest BCUT2D eigenvalue weighted by Gasteiger charge is 2.33. The maximum absolute atomic E-state index is 12.8. The molecule has 124 valence electrons. The number of nitrogens with one attached hydrogen (secondary N) is 2. The summed E-state index contributed by atoms with van der Waals surface area (Å²) in [5.41, 5.74) is -0.721. The normalized spacial score (nSPS) is 14.3. The van der Waals surface area contributed by atoms with Crippen LogP contribution in [0.15, 0.2) is 18.2 Å². The predicted molar refractivity (Wildman–Crippen MR) is 82.2 cm³/mol. The predicted octanol–water partition coefficient (Wildman–Crippen LogP) is 3.25. The number of carbonyl (C=O) groups is 1. The Hall–Kier alpha value is -1.41. The second kappa shape index (κ2) is 7.73. The molecule has 1 aromatic carbocycles. The molecule has 0 aliphatic carbocycles. The Labute approximate surface area is 131 Å². The quantitative estimate of drug-likeness (QED) is 0.773. The average molecular weight is 336 g/mol. The molecule has 2 unspecified atom stereocenters. The SMILES string of the molecule is CSC(CO)C(C)NC(=O)Nc1cccc(C(F)(F)F)c1C. The van der Waals surface area contributed by atoms with E-state index in [9.17, 15) is 18.0 Å². The summed E-state index contributed by atoms with van der Waals surface area (Å²) in [7, 11) is 0. The molecular weight excluding hydrogens is 317 g/mol. The minimum Gasteiger partial charge on any atom is -0.395 e. The number of thioether (sulfide) groups is 1. The van der Waals surface area contributed by atoms with Crippen LogP contribution in [-0.4, -0.2) is 35.3 Å². The largest absolute Gasteiger partial charge is 0.416 e. The van der Waals surface area contributed by atoms with Gasteiger partial charge in [0.2, 0.25) is 0 Å². The number of aliphatic hydroxyl groups excluding tert-OH is 1. The van der Waals surface area contributed by atoms with E-state index in [2.05, 4.69) is 10.6 Å². The molecule has 0 radical (unpaired) electrons. The molecule has 0 saturated carbocycles. The van der Waals surface area contributed by atoms with E-state index in [1.807, 2.05) is 0 Å². The van der Waals surface area contributed by atoms with Crippen LogP contribution in [0.5, 0.6) is 0 Å². The van der Waals surface area contributed by atoms with Crippen LogP contribution in [0.25, 0.3) is 0 Å². The molecule has 0 aliphatic rings. The monoisotopic (exact) mass is 336 g/mol. The summed E-state index contributed by atoms with van der Waals surface area (Å²) in [4.78, 5) is 11.9. The number of urea groups is 1. The molecule has 0 spiro atoms. The summed E-state index contributed by atoms with van der Waals surface area (Å²) in [6, 6.07) is 2.69. The van der Waals surface area contributed by atoms with Crippen LogP contribution in [0.2, 0.25) is 0 Å². The van der Waals surface area contributed by atoms with Gasteiger partial charge in [0.25, 0.3) is 0 Å². The zero-order valence-electron chi connectivity index (χ0n) is 12.5. The maximum Gasteiger partial charge on any atom is 0.416 e. The highest BCUT2D eigenvalue weighted by atomic mass is 32.2. The van der Waals surface area contributed by atoms with E-state index in [1.54, 1.807) is 13.2 Å². The Morgan fingerprint density at radius 3 is 2.55 bits per heavy atom. The van der Waals surface area contributed by atoms with Crippen LogP contribution in [0, 0.1) is 6.92 Å². The van der Waals surface area contributed by atoms with Crippen molar-refractivity contribution in [1.82, 2.24) is 5.32 Å². The fraction of sp³-hybridized carbons (Fsp3) is 0.500. The van der Waals surface area contributed by atoms with Crippen molar-refractivity contribution in [3.05, 3.63) is 29.3 Å². The minimum atomic E-state index is -4.47. The number of aliphatic hydroxyl groups is 1. The number of alkyl halides is 3. The first kappa shape index (κ1) is 18.6. The van der Waals surface area contributed by atoms with E-state index in [0.717, 1.165) is 6.07 Å². The first-order chi connectivity index (χ1) is 10.2. The molecule has 22 heavy (non-hydrogen) atoms. The number of anilines is 1. The highest BCUT2D eigenvalue weighted by Crippen LogP contribution is 2.34. The van der Waals surface area contributed by atoms with Crippen LogP contribution < -0.4 is 10.6 Å². The van der Waals surface area contributed by atoms with Gasteiger partial charge in [-0.1, -0.05) is 6.07 Å². The number of rotatable bonds is 5. The van der Waals surface area contributed by atoms with Crippen molar-refractivity contribution < 1.29 is 23.1 Å². The number of halogens is 3. The molecule has 1 rings (SSSR count). The molecule has 0 heterocycles. The van der Waals surface area contributed by atoms with Crippen molar-refractivity contribution in [2.75, 3.05) is 18.2 Å². The Morgan fingerprint density at radius 2 is 2.05 bits per heavy atom. The highest BCUT2D eigenvalue weighted by molar-refractivity contribution is 7.99. The van der Waals surface area contributed by atoms with Gasteiger partial charge in [0.05, 0.1) is 12.2 Å². The van der Waals surface area contributed by atoms with Gasteiger partial charge < -0.3 is 15.7 Å². The van der Waals surface area contributed by atoms with E-state index in [4.69, 9.17) is 5.11 Å². The third-order valence-corrected chi connectivity index (χ3v) is 4.45. The standard InChI is InChI=1S/C14H19F3N2O2S/c1-8-10(14(15,16)17)5-4-6-11(8)19-13(21)18-9(2)12(7-20)22-3/h4-6,9,12,20H,7H2,1-3H3,(H2,18,19,21). The van der Waals surface area contributed by atoms with Crippen LogP contribution in [0.3, 0.4) is 0 Å². The Kier molecular flexibility index (Phi) is 6.55. The third kappa shape index (κ3) is 4.81. The van der Waals surface area contributed by atoms with Gasteiger partial charge in [-0.2, -0.15) is 24.9 Å². The summed E-state index contributed by atoms with van der Waals surface area (Å²) in [5, 5.41) is 14.0. The van der Waals surface area contributed by atoms with Crippen LogP contribution >= 0.6 is 11.8 Å². The zero-order valence-corrected chi connectivity index (χ0v) is 13.3. The van der Waals surface area contributed by atoms with Gasteiger partial charge in [0.15, 0.2) is 0 Å². The summed E-state index contributed by atoms with van der Waals surface area (Å²) in [6.45, 7) is 2.92. The molecule has 0 bridgehead atoms. The topological polar surface area (TPSA) is 61.4 Å². The van der Waals surface area contributed by atoms with Gasteiger partial charge in [0.1, 0.15) is 0 Å². The first-order valence-electron chi connectivity index (χ1n) is 6.58. The Balaban J connectivity index is 2.81. The number of amides is 2. The number of hydrogen-bond acceptors (Lipinski definition) is 3. The molecule has 0 fully saturated rings. The molecule has 3 N–H and O–H groups in total. The fourth-order valence-corrected chi connectivity index (χ4v) is 2.60. The molecule has 0 aromatic heterocycles. The van der Waals surface area contributed by atoms with E-state index in [1.165, 1.54) is 30.8 Å². The van der Waals surface area contributed by atoms with Gasteiger partial charge in [0, 0.05) is 17.0 Å². The van der Waals surface area contributed by atoms with Crippen molar-refractivity contribution in [3.8, 4) is 0 Å². The molecule has 1 aromatic rings. The lowest BCUT2D eigenvalue weighted by Crippen LogP contribution is -2.43. The smallest absolute Gasteiger partial charge is 0.395 e. The summed E-state index contributed by atoms with van der Waals surface area (Å²) in [6.07, 6.45) is -2.67. The van der Waals surface area contributed by atoms with Crippen molar-refractivity contribution in [1.29, 1.82) is 0 Å². The Bertz CT molecular complexity index is 519. The lowest BCUT2D eigenvalue weighted by molar-refractivity contribution is -0.138. The van der Waals surface area contributed by atoms with Crippen LogP contribution in [0.1, 0.15) is 18.1 Å². The van der Waals surface area contributed by atoms with Gasteiger partial charge in [-0.15, -0.1) is 0 Å².